The van der Waals surface area contributed by atoms with E-state index in [1.54, 1.807) is 6.07 Å². The third-order valence-corrected chi connectivity index (χ3v) is 3.21. The summed E-state index contributed by atoms with van der Waals surface area (Å²) in [5, 5.41) is 23.0. The summed E-state index contributed by atoms with van der Waals surface area (Å²) in [4.78, 5) is 21.9. The number of nitro groups is 1. The lowest BCUT2D eigenvalue weighted by Crippen LogP contribution is -2.19. The SMILES string of the molecule is N#Cc1ccc(C(=O)N/N=C\c2ccc(Cl)c([N+](=O)[O-])c2)c(F)c1. The van der Waals surface area contributed by atoms with Crippen molar-refractivity contribution in [2.75, 3.05) is 0 Å². The molecule has 120 valence electrons. The van der Waals surface area contributed by atoms with Gasteiger partial charge in [0.2, 0.25) is 0 Å². The van der Waals surface area contributed by atoms with Crippen molar-refractivity contribution in [1.29, 1.82) is 5.26 Å². The van der Waals surface area contributed by atoms with Gasteiger partial charge < -0.3 is 0 Å². The summed E-state index contributed by atoms with van der Waals surface area (Å²) in [6.07, 6.45) is 1.16. The van der Waals surface area contributed by atoms with Gasteiger partial charge in [-0.3, -0.25) is 14.9 Å². The van der Waals surface area contributed by atoms with E-state index >= 15 is 0 Å². The van der Waals surface area contributed by atoms with Crippen LogP contribution in [0.25, 0.3) is 0 Å². The molecule has 2 aromatic rings. The fraction of sp³-hybridized carbons (Fsp3) is 0. The third kappa shape index (κ3) is 3.91. The number of nitro benzene ring substituents is 1. The van der Waals surface area contributed by atoms with Crippen molar-refractivity contribution in [3.8, 4) is 6.07 Å². The molecule has 9 heteroatoms. The summed E-state index contributed by atoms with van der Waals surface area (Å²) in [5.74, 6) is -1.68. The van der Waals surface area contributed by atoms with Gasteiger partial charge in [0.05, 0.1) is 28.3 Å². The Morgan fingerprint density at radius 3 is 2.75 bits per heavy atom. The van der Waals surface area contributed by atoms with Crippen molar-refractivity contribution in [3.63, 3.8) is 0 Å². The second kappa shape index (κ2) is 7.30. The Morgan fingerprint density at radius 1 is 1.38 bits per heavy atom. The van der Waals surface area contributed by atoms with E-state index in [0.717, 1.165) is 18.3 Å². The van der Waals surface area contributed by atoms with E-state index in [9.17, 15) is 19.3 Å². The minimum atomic E-state index is -0.858. The maximum absolute atomic E-state index is 13.7. The summed E-state index contributed by atoms with van der Waals surface area (Å²) >= 11 is 5.68. The molecule has 1 N–H and O–H groups in total. The molecule has 2 rings (SSSR count). The average molecular weight is 347 g/mol. The number of nitriles is 1. The topological polar surface area (TPSA) is 108 Å². The van der Waals surface area contributed by atoms with Crippen molar-refractivity contribution < 1.29 is 14.1 Å². The minimum absolute atomic E-state index is 0.0270. The number of nitrogens with one attached hydrogen (secondary N) is 1. The van der Waals surface area contributed by atoms with Crippen LogP contribution in [-0.2, 0) is 0 Å². The van der Waals surface area contributed by atoms with Gasteiger partial charge in [-0.2, -0.15) is 10.4 Å². The first-order chi connectivity index (χ1) is 11.4. The molecule has 24 heavy (non-hydrogen) atoms. The lowest BCUT2D eigenvalue weighted by Gasteiger charge is -2.02. The molecule has 1 amide bonds. The van der Waals surface area contributed by atoms with Gasteiger partial charge in [0, 0.05) is 11.6 Å². The molecule has 0 heterocycles. The van der Waals surface area contributed by atoms with Gasteiger partial charge in [-0.15, -0.1) is 0 Å². The normalized spacial score (nSPS) is 10.4. The Labute approximate surface area is 140 Å². The highest BCUT2D eigenvalue weighted by molar-refractivity contribution is 6.32. The van der Waals surface area contributed by atoms with E-state index in [1.807, 2.05) is 0 Å². The van der Waals surface area contributed by atoms with Crippen LogP contribution in [0.4, 0.5) is 10.1 Å². The Hall–Kier alpha value is -3.31. The second-order valence-corrected chi connectivity index (χ2v) is 4.88. The first-order valence-electron chi connectivity index (χ1n) is 6.39. The molecule has 0 atom stereocenters. The molecule has 2 aromatic carbocycles. The highest BCUT2D eigenvalue weighted by Gasteiger charge is 2.13. The molecule has 0 bridgehead atoms. The van der Waals surface area contributed by atoms with Crippen LogP contribution >= 0.6 is 11.6 Å². The highest BCUT2D eigenvalue weighted by Crippen LogP contribution is 2.24. The fourth-order valence-corrected chi connectivity index (χ4v) is 1.93. The third-order valence-electron chi connectivity index (χ3n) is 2.89. The number of hydrazone groups is 1. The van der Waals surface area contributed by atoms with E-state index in [0.29, 0.717) is 5.56 Å². The number of halogens is 2. The maximum Gasteiger partial charge on any atom is 0.288 e. The van der Waals surface area contributed by atoms with Crippen molar-refractivity contribution in [2.45, 2.75) is 0 Å². The number of carbonyl (C=O) groups excluding carboxylic acids is 1. The lowest BCUT2D eigenvalue weighted by molar-refractivity contribution is -0.384. The number of nitrogens with zero attached hydrogens (tertiary/aromatic N) is 3. The van der Waals surface area contributed by atoms with Crippen LogP contribution < -0.4 is 5.43 Å². The van der Waals surface area contributed by atoms with E-state index < -0.39 is 16.6 Å². The summed E-state index contributed by atoms with van der Waals surface area (Å²) in [6, 6.07) is 9.11. The van der Waals surface area contributed by atoms with Crippen molar-refractivity contribution >= 4 is 29.4 Å². The zero-order chi connectivity index (χ0) is 17.7. The second-order valence-electron chi connectivity index (χ2n) is 4.47. The monoisotopic (exact) mass is 346 g/mol. The summed E-state index contributed by atoms with van der Waals surface area (Å²) < 4.78 is 13.7. The van der Waals surface area contributed by atoms with Crippen molar-refractivity contribution in [3.05, 3.63) is 74.0 Å². The molecule has 0 aliphatic carbocycles. The van der Waals surface area contributed by atoms with Crippen LogP contribution in [0.15, 0.2) is 41.5 Å². The molecule has 7 nitrogen and oxygen atoms in total. The molecule has 0 unspecified atom stereocenters. The molecule has 0 aromatic heterocycles. The number of amides is 1. The van der Waals surface area contributed by atoms with Gasteiger partial charge in [0.25, 0.3) is 11.6 Å². The number of hydrogen-bond donors (Lipinski definition) is 1. The van der Waals surface area contributed by atoms with E-state index in [-0.39, 0.29) is 21.8 Å². The van der Waals surface area contributed by atoms with Crippen LogP contribution in [0.2, 0.25) is 5.02 Å². The number of rotatable bonds is 4. The average Bonchev–Trinajstić information content (AvgIpc) is 2.55. The van der Waals surface area contributed by atoms with Gasteiger partial charge in [-0.25, -0.2) is 9.82 Å². The Kier molecular flexibility index (Phi) is 5.19. The Bertz CT molecular complexity index is 893. The van der Waals surface area contributed by atoms with Crippen LogP contribution in [0.5, 0.6) is 0 Å². The quantitative estimate of drug-likeness (QED) is 0.521. The van der Waals surface area contributed by atoms with Gasteiger partial charge in [-0.05, 0) is 24.3 Å². The first kappa shape index (κ1) is 17.1. The maximum atomic E-state index is 13.7. The minimum Gasteiger partial charge on any atom is -0.267 e. The van der Waals surface area contributed by atoms with Crippen molar-refractivity contribution in [1.82, 2.24) is 5.43 Å². The van der Waals surface area contributed by atoms with Crippen molar-refractivity contribution in [2.24, 2.45) is 5.10 Å². The van der Waals surface area contributed by atoms with Crippen LogP contribution in [0.1, 0.15) is 21.5 Å². The summed E-state index contributed by atoms with van der Waals surface area (Å²) in [7, 11) is 0. The predicted molar refractivity (Wildman–Crippen MR) is 84.3 cm³/mol. The van der Waals surface area contributed by atoms with Crippen LogP contribution in [0.3, 0.4) is 0 Å². The Morgan fingerprint density at radius 2 is 2.12 bits per heavy atom. The zero-order valence-corrected chi connectivity index (χ0v) is 12.6. The molecule has 0 radical (unpaired) electrons. The Balaban J connectivity index is 2.12. The van der Waals surface area contributed by atoms with Crippen LogP contribution in [0, 0.1) is 27.3 Å². The number of carbonyl (C=O) groups is 1. The van der Waals surface area contributed by atoms with Gasteiger partial charge >= 0.3 is 0 Å². The van der Waals surface area contributed by atoms with E-state index in [4.69, 9.17) is 16.9 Å². The van der Waals surface area contributed by atoms with Gasteiger partial charge in [0.1, 0.15) is 10.8 Å². The largest absolute Gasteiger partial charge is 0.288 e. The van der Waals surface area contributed by atoms with E-state index in [2.05, 4.69) is 10.5 Å². The smallest absolute Gasteiger partial charge is 0.267 e. The fourth-order valence-electron chi connectivity index (χ4n) is 1.74. The molecular formula is C15H8ClFN4O3. The first-order valence-corrected chi connectivity index (χ1v) is 6.77. The van der Waals surface area contributed by atoms with Crippen LogP contribution in [-0.4, -0.2) is 17.0 Å². The summed E-state index contributed by atoms with van der Waals surface area (Å²) in [6.45, 7) is 0. The predicted octanol–water partition coefficient (Wildman–Crippen LogP) is 3.02. The summed E-state index contributed by atoms with van der Waals surface area (Å²) in [5.41, 5.74) is 1.92. The molecule has 0 aliphatic heterocycles. The standard InChI is InChI=1S/C15H8ClFN4O3/c16-12-4-2-10(6-14(12)21(23)24)8-19-20-15(22)11-3-1-9(7-18)5-13(11)17/h1-6,8H,(H,20,22)/b19-8-. The number of benzene rings is 2. The molecule has 0 spiro atoms. The molecule has 0 saturated carbocycles. The molecule has 0 saturated heterocycles. The van der Waals surface area contributed by atoms with Gasteiger partial charge in [0.15, 0.2) is 0 Å². The molecular weight excluding hydrogens is 339 g/mol. The lowest BCUT2D eigenvalue weighted by atomic mass is 10.1. The molecule has 0 aliphatic rings. The highest BCUT2D eigenvalue weighted by atomic mass is 35.5. The molecule has 0 fully saturated rings. The van der Waals surface area contributed by atoms with E-state index in [1.165, 1.54) is 24.3 Å². The van der Waals surface area contributed by atoms with Gasteiger partial charge in [-0.1, -0.05) is 17.7 Å². The zero-order valence-electron chi connectivity index (χ0n) is 11.9. The number of hydrogen-bond acceptors (Lipinski definition) is 5.